The third-order valence-corrected chi connectivity index (χ3v) is 6.91. The van der Waals surface area contributed by atoms with Gasteiger partial charge in [-0.25, -0.2) is 9.97 Å². The molecule has 0 amide bonds. The zero-order chi connectivity index (χ0) is 20.9. The van der Waals surface area contributed by atoms with E-state index in [1.54, 1.807) is 6.20 Å². The Bertz CT molecular complexity index is 1310. The summed E-state index contributed by atoms with van der Waals surface area (Å²) in [5.74, 6) is 0.0344. The minimum Gasteiger partial charge on any atom is -0.390 e. The predicted octanol–water partition coefficient (Wildman–Crippen LogP) is 3.46. The molecule has 31 heavy (non-hydrogen) atoms. The van der Waals surface area contributed by atoms with Crippen molar-refractivity contribution in [3.63, 3.8) is 0 Å². The van der Waals surface area contributed by atoms with Crippen LogP contribution in [0, 0.1) is 5.92 Å². The summed E-state index contributed by atoms with van der Waals surface area (Å²) in [5.41, 5.74) is 5.41. The van der Waals surface area contributed by atoms with Gasteiger partial charge in [-0.2, -0.15) is 0 Å². The molecule has 3 aromatic heterocycles. The summed E-state index contributed by atoms with van der Waals surface area (Å²) < 4.78 is 1.99. The van der Waals surface area contributed by atoms with Crippen LogP contribution in [-0.2, 0) is 12.8 Å². The Hall–Kier alpha value is -3.09. The number of hydrogen-bond donors (Lipinski definition) is 2. The molecule has 0 radical (unpaired) electrons. The largest absolute Gasteiger partial charge is 0.390 e. The van der Waals surface area contributed by atoms with E-state index in [4.69, 9.17) is 4.98 Å². The number of hydrogen-bond acceptors (Lipinski definition) is 5. The Labute approximate surface area is 179 Å². The monoisotopic (exact) mass is 412 g/mol. The van der Waals surface area contributed by atoms with Gasteiger partial charge >= 0.3 is 0 Å². The average Bonchev–Trinajstić information content (AvgIpc) is 3.49. The molecule has 2 N–H and O–H groups in total. The van der Waals surface area contributed by atoms with Crippen LogP contribution in [0.3, 0.4) is 0 Å². The highest BCUT2D eigenvalue weighted by molar-refractivity contribution is 5.83. The maximum Gasteiger partial charge on any atom is 0.143 e. The second-order valence-electron chi connectivity index (χ2n) is 8.77. The van der Waals surface area contributed by atoms with Crippen molar-refractivity contribution in [2.24, 2.45) is 5.92 Å². The molecule has 6 nitrogen and oxygen atoms in total. The van der Waals surface area contributed by atoms with Crippen LogP contribution in [-0.4, -0.2) is 41.9 Å². The third-order valence-electron chi connectivity index (χ3n) is 6.91. The molecule has 0 unspecified atom stereocenters. The topological polar surface area (TPSA) is 84.1 Å². The Balaban J connectivity index is 1.20. The second kappa shape index (κ2) is 7.25. The number of benzene rings is 1. The first-order valence-electron chi connectivity index (χ1n) is 10.9. The molecule has 156 valence electrons. The van der Waals surface area contributed by atoms with Gasteiger partial charge in [0, 0.05) is 29.6 Å². The molecule has 0 aliphatic heterocycles. The van der Waals surface area contributed by atoms with E-state index < -0.39 is 12.2 Å². The summed E-state index contributed by atoms with van der Waals surface area (Å²) in [6, 6.07) is 10.4. The van der Waals surface area contributed by atoms with Crippen molar-refractivity contribution < 1.29 is 10.2 Å². The van der Waals surface area contributed by atoms with Crippen LogP contribution < -0.4 is 0 Å². The number of aromatic nitrogens is 4. The molecule has 2 aliphatic rings. The molecule has 6 rings (SSSR count). The molecule has 1 saturated carbocycles. The molecule has 0 bridgehead atoms. The first-order valence-corrected chi connectivity index (χ1v) is 10.9. The van der Waals surface area contributed by atoms with Gasteiger partial charge in [0.2, 0.25) is 0 Å². The lowest BCUT2D eigenvalue weighted by Crippen LogP contribution is -2.29. The van der Waals surface area contributed by atoms with Gasteiger partial charge in [-0.1, -0.05) is 24.3 Å². The van der Waals surface area contributed by atoms with Gasteiger partial charge in [0.15, 0.2) is 0 Å². The molecular weight excluding hydrogens is 388 g/mol. The standard InChI is InChI=1S/C25H24N4O2/c30-23-18(12-22(24(23)31)29-9-8-19-13-26-14-27-25(19)29)7-5-15-4-6-17-11-16-2-1-3-20(16)28-21(17)10-15/h1-2,4,6,8-11,13-14,18,22-24,30-31H,3,5,7,12H2/t18-,22+,23+,24-/m0/s1. The van der Waals surface area contributed by atoms with Crippen molar-refractivity contribution in [3.05, 3.63) is 71.9 Å². The van der Waals surface area contributed by atoms with Gasteiger partial charge < -0.3 is 14.8 Å². The minimum absolute atomic E-state index is 0.0344. The zero-order valence-corrected chi connectivity index (χ0v) is 17.1. The van der Waals surface area contributed by atoms with Crippen LogP contribution >= 0.6 is 0 Å². The van der Waals surface area contributed by atoms with Crippen LogP contribution in [0.25, 0.3) is 28.0 Å². The Morgan fingerprint density at radius 2 is 2.00 bits per heavy atom. The van der Waals surface area contributed by atoms with E-state index in [0.717, 1.165) is 53.3 Å². The minimum atomic E-state index is -0.802. The normalized spacial score (nSPS) is 25.0. The maximum atomic E-state index is 10.8. The van der Waals surface area contributed by atoms with Gasteiger partial charge in [-0.3, -0.25) is 4.98 Å². The molecular formula is C25H24N4O2. The SMILES string of the molecule is O[C@@H]1[C@@H](CCc2ccc3cc4c(nc3c2)CC=C4)C[C@@H](n2ccc3cncnc32)[C@@H]1O. The van der Waals surface area contributed by atoms with E-state index in [2.05, 4.69) is 46.4 Å². The number of aryl methyl sites for hydroxylation is 1. The molecule has 2 aliphatic carbocycles. The van der Waals surface area contributed by atoms with E-state index in [1.807, 2.05) is 16.8 Å². The molecule has 4 aromatic rings. The fourth-order valence-electron chi connectivity index (χ4n) is 5.21. The summed E-state index contributed by atoms with van der Waals surface area (Å²) in [4.78, 5) is 13.3. The Morgan fingerprint density at radius 3 is 2.94 bits per heavy atom. The quantitative estimate of drug-likeness (QED) is 0.536. The summed E-state index contributed by atoms with van der Waals surface area (Å²) in [6.07, 6.45) is 11.3. The van der Waals surface area contributed by atoms with E-state index >= 15 is 0 Å². The van der Waals surface area contributed by atoms with Crippen LogP contribution in [0.4, 0.5) is 0 Å². The summed E-state index contributed by atoms with van der Waals surface area (Å²) >= 11 is 0. The lowest BCUT2D eigenvalue weighted by molar-refractivity contribution is 0.00545. The fraction of sp³-hybridized carbons (Fsp3) is 0.320. The van der Waals surface area contributed by atoms with Gasteiger partial charge in [0.05, 0.1) is 23.4 Å². The van der Waals surface area contributed by atoms with E-state index in [1.165, 1.54) is 17.5 Å². The van der Waals surface area contributed by atoms with Crippen molar-refractivity contribution in [1.29, 1.82) is 0 Å². The first kappa shape index (κ1) is 18.7. The third kappa shape index (κ3) is 3.14. The molecule has 0 saturated heterocycles. The number of pyridine rings is 1. The second-order valence-corrected chi connectivity index (χ2v) is 8.77. The van der Waals surface area contributed by atoms with Crippen LogP contribution in [0.15, 0.2) is 55.1 Å². The molecule has 0 spiro atoms. The predicted molar refractivity (Wildman–Crippen MR) is 119 cm³/mol. The maximum absolute atomic E-state index is 10.8. The number of aliphatic hydroxyl groups excluding tert-OH is 2. The zero-order valence-electron chi connectivity index (χ0n) is 17.1. The Morgan fingerprint density at radius 1 is 1.06 bits per heavy atom. The highest BCUT2D eigenvalue weighted by Gasteiger charge is 2.42. The summed E-state index contributed by atoms with van der Waals surface area (Å²) in [5, 5.41) is 23.6. The van der Waals surface area contributed by atoms with Crippen molar-refractivity contribution >= 4 is 28.0 Å². The summed E-state index contributed by atoms with van der Waals surface area (Å²) in [7, 11) is 0. The number of allylic oxidation sites excluding steroid dienone is 1. The van der Waals surface area contributed by atoms with Crippen molar-refractivity contribution in [2.45, 2.75) is 43.9 Å². The number of aliphatic hydroxyl groups is 2. The van der Waals surface area contributed by atoms with Crippen LogP contribution in [0.5, 0.6) is 0 Å². The van der Waals surface area contributed by atoms with Crippen molar-refractivity contribution in [1.82, 2.24) is 19.5 Å². The van der Waals surface area contributed by atoms with Gasteiger partial charge in [-0.15, -0.1) is 0 Å². The molecule has 1 fully saturated rings. The van der Waals surface area contributed by atoms with Crippen LogP contribution in [0.2, 0.25) is 0 Å². The first-order chi connectivity index (χ1) is 15.2. The fourth-order valence-corrected chi connectivity index (χ4v) is 5.21. The van der Waals surface area contributed by atoms with E-state index in [-0.39, 0.29) is 12.0 Å². The Kier molecular flexibility index (Phi) is 4.37. The number of rotatable bonds is 4. The summed E-state index contributed by atoms with van der Waals surface area (Å²) in [6.45, 7) is 0. The van der Waals surface area contributed by atoms with Crippen molar-refractivity contribution in [3.8, 4) is 0 Å². The average molecular weight is 412 g/mol. The molecule has 6 heteroatoms. The van der Waals surface area contributed by atoms with Gasteiger partial charge in [0.1, 0.15) is 18.1 Å². The van der Waals surface area contributed by atoms with Crippen molar-refractivity contribution in [2.75, 3.05) is 0 Å². The molecule has 1 aromatic carbocycles. The molecule has 3 heterocycles. The van der Waals surface area contributed by atoms with Gasteiger partial charge in [0.25, 0.3) is 0 Å². The number of nitrogens with zero attached hydrogens (tertiary/aromatic N) is 4. The van der Waals surface area contributed by atoms with Gasteiger partial charge in [-0.05, 0) is 54.5 Å². The smallest absolute Gasteiger partial charge is 0.143 e. The lowest BCUT2D eigenvalue weighted by Gasteiger charge is -2.18. The van der Waals surface area contributed by atoms with E-state index in [9.17, 15) is 10.2 Å². The number of fused-ring (bicyclic) bond motifs is 3. The molecule has 4 atom stereocenters. The highest BCUT2D eigenvalue weighted by Crippen LogP contribution is 2.39. The lowest BCUT2D eigenvalue weighted by atomic mass is 9.95. The highest BCUT2D eigenvalue weighted by atomic mass is 16.3. The van der Waals surface area contributed by atoms with Crippen LogP contribution in [0.1, 0.15) is 35.7 Å². The van der Waals surface area contributed by atoms with E-state index in [0.29, 0.717) is 0 Å².